The average molecular weight is 395 g/mol. The molecule has 0 spiro atoms. The van der Waals surface area contributed by atoms with Crippen LogP contribution < -0.4 is 0 Å². The van der Waals surface area contributed by atoms with Gasteiger partial charge in [0.05, 0.1) is 42.3 Å². The van der Waals surface area contributed by atoms with Crippen molar-refractivity contribution in [1.82, 2.24) is 14.1 Å². The van der Waals surface area contributed by atoms with Gasteiger partial charge < -0.3 is 14.2 Å². The second kappa shape index (κ2) is 6.79. The van der Waals surface area contributed by atoms with Crippen LogP contribution >= 0.6 is 0 Å². The molecule has 2 amide bonds. The molecule has 0 unspecified atom stereocenters. The maximum atomic E-state index is 13.2. The Morgan fingerprint density at radius 1 is 1.37 bits per heavy atom. The molecule has 0 bridgehead atoms. The highest BCUT2D eigenvalue weighted by molar-refractivity contribution is 7.89. The van der Waals surface area contributed by atoms with Crippen LogP contribution in [0.1, 0.15) is 30.0 Å². The number of fused-ring (bicyclic) bond motifs is 1. The van der Waals surface area contributed by atoms with Gasteiger partial charge in [-0.3, -0.25) is 9.59 Å². The molecular formula is C18H25N3O5S. The predicted octanol–water partition coefficient (Wildman–Crippen LogP) is 1.12. The van der Waals surface area contributed by atoms with Gasteiger partial charge in [0.2, 0.25) is 15.9 Å². The van der Waals surface area contributed by atoms with Crippen molar-refractivity contribution < 1.29 is 22.4 Å². The highest BCUT2D eigenvalue weighted by atomic mass is 32.2. The number of sulfonamides is 1. The summed E-state index contributed by atoms with van der Waals surface area (Å²) in [5.74, 6) is -0.894. The molecule has 2 aliphatic rings. The molecule has 1 aromatic rings. The second-order valence-corrected chi connectivity index (χ2v) is 9.49. The molecule has 3 rings (SSSR count). The summed E-state index contributed by atoms with van der Waals surface area (Å²) < 4.78 is 30.7. The summed E-state index contributed by atoms with van der Waals surface area (Å²) in [6.45, 7) is 4.45. The van der Waals surface area contributed by atoms with E-state index in [1.165, 1.54) is 6.26 Å². The maximum Gasteiger partial charge on any atom is 0.258 e. The van der Waals surface area contributed by atoms with E-state index in [0.29, 0.717) is 23.6 Å². The van der Waals surface area contributed by atoms with Crippen molar-refractivity contribution in [2.45, 2.75) is 26.4 Å². The molecule has 1 fully saturated rings. The van der Waals surface area contributed by atoms with Gasteiger partial charge in [-0.15, -0.1) is 0 Å². The lowest BCUT2D eigenvalue weighted by atomic mass is 9.89. The standard InChI is InChI=1S/C18H25N3O5S/c1-11(2)15-16-13(21(18(15)23)27(5,24)25)6-8-20(16)17(22)12-7-9-26-14(12)10-19(3)4/h6-7,9,11,15-16H,8,10H2,1-5H3/t15-,16+/m1/s1. The van der Waals surface area contributed by atoms with Crippen LogP contribution in [0.25, 0.3) is 0 Å². The molecule has 9 heteroatoms. The average Bonchev–Trinajstić information content (AvgIpc) is 3.18. The molecule has 0 saturated carbocycles. The molecule has 1 aromatic heterocycles. The fourth-order valence-electron chi connectivity index (χ4n) is 3.87. The van der Waals surface area contributed by atoms with E-state index < -0.39 is 27.9 Å². The smallest absolute Gasteiger partial charge is 0.258 e. The van der Waals surface area contributed by atoms with Crippen molar-refractivity contribution in [3.63, 3.8) is 0 Å². The Hall–Kier alpha value is -2.13. The molecule has 1 saturated heterocycles. The van der Waals surface area contributed by atoms with Gasteiger partial charge in [-0.25, -0.2) is 12.7 Å². The Kier molecular flexibility index (Phi) is 4.94. The molecule has 0 radical (unpaired) electrons. The van der Waals surface area contributed by atoms with E-state index in [1.54, 1.807) is 17.0 Å². The highest BCUT2D eigenvalue weighted by Gasteiger charge is 2.55. The first kappa shape index (κ1) is 19.6. The normalized spacial score (nSPS) is 22.8. The first-order valence-electron chi connectivity index (χ1n) is 8.80. The van der Waals surface area contributed by atoms with Gasteiger partial charge >= 0.3 is 0 Å². The lowest BCUT2D eigenvalue weighted by Crippen LogP contribution is -2.43. The molecule has 8 nitrogen and oxygen atoms in total. The summed E-state index contributed by atoms with van der Waals surface area (Å²) in [5, 5.41) is 0. The number of carbonyl (C=O) groups is 2. The minimum absolute atomic E-state index is 0.114. The quantitative estimate of drug-likeness (QED) is 0.742. The molecule has 0 aromatic carbocycles. The summed E-state index contributed by atoms with van der Waals surface area (Å²) >= 11 is 0. The topological polar surface area (TPSA) is 91.1 Å². The van der Waals surface area contributed by atoms with Gasteiger partial charge in [-0.2, -0.15) is 0 Å². The molecule has 2 atom stereocenters. The minimum atomic E-state index is -3.75. The number of hydrogen-bond acceptors (Lipinski definition) is 6. The van der Waals surface area contributed by atoms with Crippen LogP contribution in [0.2, 0.25) is 0 Å². The van der Waals surface area contributed by atoms with E-state index in [0.717, 1.165) is 10.6 Å². The Balaban J connectivity index is 1.98. The van der Waals surface area contributed by atoms with Crippen LogP contribution in [0.5, 0.6) is 0 Å². The molecule has 148 valence electrons. The predicted molar refractivity (Wildman–Crippen MR) is 99.0 cm³/mol. The van der Waals surface area contributed by atoms with Gasteiger partial charge in [0.25, 0.3) is 5.91 Å². The number of furan rings is 1. The summed E-state index contributed by atoms with van der Waals surface area (Å²) in [4.78, 5) is 29.5. The summed E-state index contributed by atoms with van der Waals surface area (Å²) in [5.41, 5.74) is 0.818. The van der Waals surface area contributed by atoms with Crippen molar-refractivity contribution in [3.8, 4) is 0 Å². The van der Waals surface area contributed by atoms with Crippen LogP contribution in [-0.2, 0) is 21.4 Å². The van der Waals surface area contributed by atoms with Crippen LogP contribution in [0.15, 0.2) is 28.5 Å². The maximum absolute atomic E-state index is 13.2. The van der Waals surface area contributed by atoms with Crippen molar-refractivity contribution >= 4 is 21.8 Å². The first-order valence-corrected chi connectivity index (χ1v) is 10.6. The number of amides is 2. The first-order chi connectivity index (χ1) is 12.5. The van der Waals surface area contributed by atoms with Gasteiger partial charge in [0, 0.05) is 6.54 Å². The molecular weight excluding hydrogens is 370 g/mol. The van der Waals surface area contributed by atoms with Crippen molar-refractivity contribution in [2.24, 2.45) is 11.8 Å². The van der Waals surface area contributed by atoms with Gasteiger partial charge in [0.1, 0.15) is 5.76 Å². The minimum Gasteiger partial charge on any atom is -0.467 e. The third-order valence-corrected chi connectivity index (χ3v) is 6.00. The van der Waals surface area contributed by atoms with E-state index in [2.05, 4.69) is 0 Å². The fourth-order valence-corrected chi connectivity index (χ4v) is 4.89. The number of carbonyl (C=O) groups excluding carboxylic acids is 2. The van der Waals surface area contributed by atoms with Gasteiger partial charge in [0.15, 0.2) is 0 Å². The lowest BCUT2D eigenvalue weighted by Gasteiger charge is -2.28. The Morgan fingerprint density at radius 3 is 2.59 bits per heavy atom. The zero-order valence-corrected chi connectivity index (χ0v) is 17.0. The third-order valence-electron chi connectivity index (χ3n) is 4.94. The number of rotatable bonds is 5. The van der Waals surface area contributed by atoms with Crippen LogP contribution in [0.3, 0.4) is 0 Å². The molecule has 2 aliphatic heterocycles. The zero-order chi connectivity index (χ0) is 20.1. The zero-order valence-electron chi connectivity index (χ0n) is 16.2. The second-order valence-electron chi connectivity index (χ2n) is 7.66. The fraction of sp³-hybridized carbons (Fsp3) is 0.556. The summed E-state index contributed by atoms with van der Waals surface area (Å²) in [6.07, 6.45) is 4.15. The van der Waals surface area contributed by atoms with Crippen molar-refractivity contribution in [1.29, 1.82) is 0 Å². The van der Waals surface area contributed by atoms with E-state index in [4.69, 9.17) is 4.42 Å². The Bertz CT molecular complexity index is 900. The largest absolute Gasteiger partial charge is 0.467 e. The summed E-state index contributed by atoms with van der Waals surface area (Å²) in [6, 6.07) is 1.04. The van der Waals surface area contributed by atoms with Gasteiger partial charge in [-0.1, -0.05) is 13.8 Å². The van der Waals surface area contributed by atoms with Gasteiger partial charge in [-0.05, 0) is 32.2 Å². The number of hydrogen-bond donors (Lipinski definition) is 0. The van der Waals surface area contributed by atoms with Crippen LogP contribution in [0.4, 0.5) is 0 Å². The van der Waals surface area contributed by atoms with E-state index >= 15 is 0 Å². The molecule has 27 heavy (non-hydrogen) atoms. The van der Waals surface area contributed by atoms with Crippen LogP contribution in [0, 0.1) is 11.8 Å². The van der Waals surface area contributed by atoms with E-state index in [9.17, 15) is 18.0 Å². The Morgan fingerprint density at radius 2 is 2.04 bits per heavy atom. The lowest BCUT2D eigenvalue weighted by molar-refractivity contribution is -0.128. The molecule has 0 N–H and O–H groups in total. The highest BCUT2D eigenvalue weighted by Crippen LogP contribution is 2.42. The van der Waals surface area contributed by atoms with Crippen LogP contribution in [-0.4, -0.2) is 67.3 Å². The summed E-state index contributed by atoms with van der Waals surface area (Å²) in [7, 11) is 0.00441. The number of nitrogens with zero attached hydrogens (tertiary/aromatic N) is 3. The van der Waals surface area contributed by atoms with E-state index in [1.807, 2.05) is 32.8 Å². The Labute approximate surface area is 159 Å². The van der Waals surface area contributed by atoms with Crippen molar-refractivity contribution in [2.75, 3.05) is 26.9 Å². The SMILES string of the molecule is CC(C)[C@H]1C(=O)N(S(C)(=O)=O)C2=CCN(C(=O)c3ccoc3CN(C)C)[C@@H]21. The van der Waals surface area contributed by atoms with E-state index in [-0.39, 0.29) is 18.4 Å². The molecule has 3 heterocycles. The van der Waals surface area contributed by atoms with Crippen molar-refractivity contribution in [3.05, 3.63) is 35.4 Å². The monoisotopic (exact) mass is 395 g/mol. The third kappa shape index (κ3) is 3.29. The molecule has 0 aliphatic carbocycles.